The van der Waals surface area contributed by atoms with Crippen LogP contribution in [0.5, 0.6) is 0 Å². The second-order valence-corrected chi connectivity index (χ2v) is 7.61. The number of benzene rings is 3. The van der Waals surface area contributed by atoms with Crippen molar-refractivity contribution in [2.45, 2.75) is 12.6 Å². The molecule has 0 spiro atoms. The van der Waals surface area contributed by atoms with Crippen LogP contribution < -0.4 is 16.2 Å². The van der Waals surface area contributed by atoms with Gasteiger partial charge in [-0.05, 0) is 60.1 Å². The molecular weight excluding hydrogens is 435 g/mol. The summed E-state index contributed by atoms with van der Waals surface area (Å²) in [7, 11) is 0. The molecule has 0 atom stereocenters. The van der Waals surface area contributed by atoms with Crippen molar-refractivity contribution in [2.24, 2.45) is 0 Å². The molecule has 3 N–H and O–H groups in total. The van der Waals surface area contributed by atoms with Crippen molar-refractivity contribution in [1.29, 1.82) is 0 Å². The first-order valence-electron chi connectivity index (χ1n) is 9.74. The number of hydrogen-bond donors (Lipinski definition) is 3. The third kappa shape index (κ3) is 4.97. The summed E-state index contributed by atoms with van der Waals surface area (Å²) in [5.41, 5.74) is 1.54. The molecule has 1 heterocycles. The van der Waals surface area contributed by atoms with Gasteiger partial charge in [0, 0.05) is 28.3 Å². The number of nitrogens with one attached hydrogen (secondary N) is 3. The molecule has 4 nitrogen and oxygen atoms in total. The zero-order chi connectivity index (χ0) is 22.7. The van der Waals surface area contributed by atoms with Gasteiger partial charge in [0.05, 0.1) is 5.56 Å². The van der Waals surface area contributed by atoms with E-state index in [4.69, 9.17) is 12.2 Å². The molecule has 32 heavy (non-hydrogen) atoms. The van der Waals surface area contributed by atoms with Crippen LogP contribution in [0.15, 0.2) is 83.7 Å². The standard InChI is InChI=1S/C24H18F3N3OS/c25-24(26,27)19-14-22(31)29-21-11-10-15(13-18(19)21)12-16-6-4-5-9-20(16)30-23(32)28-17-7-2-1-3-8-17/h1-11,13-14H,12H2,(H,29,31)(H2,28,30,32). The molecule has 162 valence electrons. The minimum absolute atomic E-state index is 0.0405. The highest BCUT2D eigenvalue weighted by Crippen LogP contribution is 2.34. The third-order valence-electron chi connectivity index (χ3n) is 4.90. The van der Waals surface area contributed by atoms with E-state index < -0.39 is 17.3 Å². The van der Waals surface area contributed by atoms with Crippen molar-refractivity contribution >= 4 is 39.6 Å². The van der Waals surface area contributed by atoms with Crippen LogP contribution in [0.4, 0.5) is 24.5 Å². The molecule has 0 radical (unpaired) electrons. The molecule has 0 amide bonds. The Morgan fingerprint density at radius 2 is 1.62 bits per heavy atom. The molecular formula is C24H18F3N3OS. The predicted octanol–water partition coefficient (Wildman–Crippen LogP) is 5.95. The maximum atomic E-state index is 13.5. The van der Waals surface area contributed by atoms with E-state index in [1.165, 1.54) is 12.1 Å². The molecule has 3 aromatic carbocycles. The fourth-order valence-corrected chi connectivity index (χ4v) is 3.70. The quantitative estimate of drug-likeness (QED) is 0.335. The minimum Gasteiger partial charge on any atom is -0.332 e. The summed E-state index contributed by atoms with van der Waals surface area (Å²) < 4.78 is 40.4. The minimum atomic E-state index is -4.63. The summed E-state index contributed by atoms with van der Waals surface area (Å²) in [6, 6.07) is 22.2. The van der Waals surface area contributed by atoms with Crippen LogP contribution in [0.25, 0.3) is 10.9 Å². The number of halogens is 3. The maximum Gasteiger partial charge on any atom is 0.417 e. The number of alkyl halides is 3. The highest BCUT2D eigenvalue weighted by atomic mass is 32.1. The summed E-state index contributed by atoms with van der Waals surface area (Å²) in [5.74, 6) is 0. The lowest BCUT2D eigenvalue weighted by molar-refractivity contribution is -0.136. The van der Waals surface area contributed by atoms with Crippen LogP contribution in [-0.4, -0.2) is 10.1 Å². The molecule has 0 bridgehead atoms. The molecule has 0 aliphatic carbocycles. The highest BCUT2D eigenvalue weighted by Gasteiger charge is 2.33. The average molecular weight is 453 g/mol. The normalized spacial score (nSPS) is 11.3. The lowest BCUT2D eigenvalue weighted by Gasteiger charge is -2.15. The van der Waals surface area contributed by atoms with Gasteiger partial charge in [-0.1, -0.05) is 42.5 Å². The smallest absolute Gasteiger partial charge is 0.332 e. The molecule has 1 aromatic heterocycles. The first kappa shape index (κ1) is 21.6. The molecule has 0 aliphatic rings. The Bertz CT molecular complexity index is 1330. The van der Waals surface area contributed by atoms with Gasteiger partial charge in [-0.25, -0.2) is 0 Å². The Labute approximate surface area is 187 Å². The predicted molar refractivity (Wildman–Crippen MR) is 125 cm³/mol. The summed E-state index contributed by atoms with van der Waals surface area (Å²) in [4.78, 5) is 14.1. The molecule has 4 rings (SSSR count). The SMILES string of the molecule is O=c1cc(C(F)(F)F)c2cc(Cc3ccccc3NC(=S)Nc3ccccc3)ccc2[nH]1. The van der Waals surface area contributed by atoms with Gasteiger partial charge in [0.1, 0.15) is 0 Å². The lowest BCUT2D eigenvalue weighted by atomic mass is 9.99. The molecule has 0 aliphatic heterocycles. The molecule has 4 aromatic rings. The van der Waals surface area contributed by atoms with Gasteiger partial charge in [-0.15, -0.1) is 0 Å². The largest absolute Gasteiger partial charge is 0.417 e. The number of rotatable bonds is 4. The van der Waals surface area contributed by atoms with E-state index in [2.05, 4.69) is 15.6 Å². The molecule has 0 saturated carbocycles. The average Bonchev–Trinajstić information content (AvgIpc) is 2.75. The van der Waals surface area contributed by atoms with Crippen LogP contribution in [0.2, 0.25) is 0 Å². The van der Waals surface area contributed by atoms with Gasteiger partial charge in [0.15, 0.2) is 5.11 Å². The maximum absolute atomic E-state index is 13.5. The number of para-hydroxylation sites is 2. The van der Waals surface area contributed by atoms with Gasteiger partial charge in [-0.3, -0.25) is 4.79 Å². The van der Waals surface area contributed by atoms with E-state index in [1.54, 1.807) is 6.07 Å². The van der Waals surface area contributed by atoms with E-state index >= 15 is 0 Å². The van der Waals surface area contributed by atoms with Crippen molar-refractivity contribution in [3.8, 4) is 0 Å². The number of anilines is 2. The number of fused-ring (bicyclic) bond motifs is 1. The summed E-state index contributed by atoms with van der Waals surface area (Å²) >= 11 is 5.39. The number of H-pyrrole nitrogens is 1. The van der Waals surface area contributed by atoms with E-state index in [0.717, 1.165) is 16.9 Å². The molecule has 0 fully saturated rings. The summed E-state index contributed by atoms with van der Waals surface area (Å²) in [6.07, 6.45) is -4.25. The first-order chi connectivity index (χ1) is 15.3. The topological polar surface area (TPSA) is 56.9 Å². The van der Waals surface area contributed by atoms with Crippen molar-refractivity contribution < 1.29 is 13.2 Å². The monoisotopic (exact) mass is 453 g/mol. The Kier molecular flexibility index (Phi) is 5.96. The summed E-state index contributed by atoms with van der Waals surface area (Å²) in [6.45, 7) is 0. The molecule has 8 heteroatoms. The Morgan fingerprint density at radius 3 is 2.38 bits per heavy atom. The number of aromatic amines is 1. The van der Waals surface area contributed by atoms with E-state index in [1.807, 2.05) is 54.6 Å². The molecule has 0 saturated heterocycles. The second-order valence-electron chi connectivity index (χ2n) is 7.20. The van der Waals surface area contributed by atoms with Crippen LogP contribution in [0.1, 0.15) is 16.7 Å². The number of hydrogen-bond acceptors (Lipinski definition) is 2. The first-order valence-corrected chi connectivity index (χ1v) is 10.1. The number of aromatic nitrogens is 1. The van der Waals surface area contributed by atoms with Crippen molar-refractivity contribution in [2.75, 3.05) is 10.6 Å². The highest BCUT2D eigenvalue weighted by molar-refractivity contribution is 7.80. The third-order valence-corrected chi connectivity index (χ3v) is 5.11. The Morgan fingerprint density at radius 1 is 0.906 bits per heavy atom. The van der Waals surface area contributed by atoms with Gasteiger partial charge in [-0.2, -0.15) is 13.2 Å². The van der Waals surface area contributed by atoms with Crippen LogP contribution in [0.3, 0.4) is 0 Å². The zero-order valence-corrected chi connectivity index (χ0v) is 17.5. The Hall–Kier alpha value is -3.65. The number of thiocarbonyl (C=S) groups is 1. The van der Waals surface area contributed by atoms with Gasteiger partial charge < -0.3 is 15.6 Å². The Balaban J connectivity index is 1.61. The van der Waals surface area contributed by atoms with E-state index in [0.29, 0.717) is 23.2 Å². The van der Waals surface area contributed by atoms with E-state index in [-0.39, 0.29) is 10.9 Å². The van der Waals surface area contributed by atoms with Gasteiger partial charge in [0.25, 0.3) is 0 Å². The van der Waals surface area contributed by atoms with Crippen LogP contribution >= 0.6 is 12.2 Å². The van der Waals surface area contributed by atoms with Gasteiger partial charge >= 0.3 is 6.18 Å². The summed E-state index contributed by atoms with van der Waals surface area (Å²) in [5, 5.41) is 6.61. The zero-order valence-electron chi connectivity index (χ0n) is 16.7. The van der Waals surface area contributed by atoms with E-state index in [9.17, 15) is 18.0 Å². The van der Waals surface area contributed by atoms with Crippen molar-refractivity contribution in [3.05, 3.63) is 106 Å². The van der Waals surface area contributed by atoms with Crippen LogP contribution in [0, 0.1) is 0 Å². The van der Waals surface area contributed by atoms with Gasteiger partial charge in [0.2, 0.25) is 5.56 Å². The lowest BCUT2D eigenvalue weighted by Crippen LogP contribution is -2.19. The fourth-order valence-electron chi connectivity index (χ4n) is 3.47. The second kappa shape index (κ2) is 8.84. The van der Waals surface area contributed by atoms with Crippen molar-refractivity contribution in [3.63, 3.8) is 0 Å². The number of pyridine rings is 1. The van der Waals surface area contributed by atoms with Crippen molar-refractivity contribution in [1.82, 2.24) is 4.98 Å². The fraction of sp³-hybridized carbons (Fsp3) is 0.0833. The van der Waals surface area contributed by atoms with Crippen LogP contribution in [-0.2, 0) is 12.6 Å². The molecule has 0 unspecified atom stereocenters.